The molecule has 25 heavy (non-hydrogen) atoms. The lowest BCUT2D eigenvalue weighted by molar-refractivity contribution is 0.326. The standard InChI is InChI=1S/C19H38N4OS/c1-4-11-23-12-10-16(15-23)14-21-19(20-5-2)22-17-8-7-9-18(13-17)25(24)6-3/h16-18H,4-15H2,1-3H3,(H2,20,21,22). The Kier molecular flexibility index (Phi) is 9.24. The van der Waals surface area contributed by atoms with Gasteiger partial charge in [-0.1, -0.05) is 20.3 Å². The van der Waals surface area contributed by atoms with Crippen LogP contribution in [0.15, 0.2) is 4.99 Å². The lowest BCUT2D eigenvalue weighted by atomic mass is 9.95. The summed E-state index contributed by atoms with van der Waals surface area (Å²) in [5.74, 6) is 2.42. The molecule has 1 heterocycles. The maximum atomic E-state index is 12.1. The fourth-order valence-corrected chi connectivity index (χ4v) is 5.41. The second-order valence-corrected chi connectivity index (χ2v) is 9.48. The van der Waals surface area contributed by atoms with Crippen LogP contribution in [0.4, 0.5) is 0 Å². The predicted octanol–water partition coefficient (Wildman–Crippen LogP) is 2.35. The van der Waals surface area contributed by atoms with Crippen LogP contribution >= 0.6 is 0 Å². The Hall–Kier alpha value is -0.620. The molecule has 2 aliphatic rings. The largest absolute Gasteiger partial charge is 0.357 e. The van der Waals surface area contributed by atoms with Gasteiger partial charge < -0.3 is 15.5 Å². The first kappa shape index (κ1) is 20.7. The zero-order valence-electron chi connectivity index (χ0n) is 16.4. The van der Waals surface area contributed by atoms with E-state index in [1.807, 2.05) is 6.92 Å². The molecule has 0 aromatic rings. The lowest BCUT2D eigenvalue weighted by Crippen LogP contribution is -2.46. The third-order valence-electron chi connectivity index (χ3n) is 5.38. The van der Waals surface area contributed by atoms with Crippen molar-refractivity contribution >= 4 is 16.8 Å². The van der Waals surface area contributed by atoms with Crippen molar-refractivity contribution < 1.29 is 4.21 Å². The highest BCUT2D eigenvalue weighted by molar-refractivity contribution is 7.85. The third kappa shape index (κ3) is 6.89. The fourth-order valence-electron chi connectivity index (χ4n) is 4.07. The van der Waals surface area contributed by atoms with Crippen LogP contribution in [0.25, 0.3) is 0 Å². The monoisotopic (exact) mass is 370 g/mol. The van der Waals surface area contributed by atoms with E-state index in [1.54, 1.807) is 0 Å². The first-order chi connectivity index (χ1) is 12.2. The smallest absolute Gasteiger partial charge is 0.191 e. The first-order valence-electron chi connectivity index (χ1n) is 10.3. The number of likely N-dealkylation sites (tertiary alicyclic amines) is 1. The van der Waals surface area contributed by atoms with Gasteiger partial charge in [-0.25, -0.2) is 0 Å². The quantitative estimate of drug-likeness (QED) is 0.509. The average molecular weight is 371 g/mol. The summed E-state index contributed by atoms with van der Waals surface area (Å²) >= 11 is 0. The molecule has 5 nitrogen and oxygen atoms in total. The topological polar surface area (TPSA) is 56.7 Å². The van der Waals surface area contributed by atoms with Crippen molar-refractivity contribution in [1.82, 2.24) is 15.5 Å². The molecular weight excluding hydrogens is 332 g/mol. The van der Waals surface area contributed by atoms with Gasteiger partial charge in [-0.2, -0.15) is 0 Å². The van der Waals surface area contributed by atoms with E-state index >= 15 is 0 Å². The molecule has 6 heteroatoms. The SMILES string of the molecule is CCCN1CCC(CN=C(NCC)NC2CCCC(S(=O)CC)C2)C1. The lowest BCUT2D eigenvalue weighted by Gasteiger charge is -2.30. The van der Waals surface area contributed by atoms with Gasteiger partial charge in [-0.3, -0.25) is 9.20 Å². The molecule has 0 aromatic carbocycles. The first-order valence-corrected chi connectivity index (χ1v) is 11.7. The van der Waals surface area contributed by atoms with Crippen LogP contribution < -0.4 is 10.6 Å². The van der Waals surface area contributed by atoms with Crippen LogP contribution in [-0.4, -0.2) is 64.8 Å². The van der Waals surface area contributed by atoms with E-state index in [2.05, 4.69) is 29.4 Å². The molecule has 2 rings (SSSR count). The van der Waals surface area contributed by atoms with Crippen molar-refractivity contribution in [2.24, 2.45) is 10.9 Å². The Morgan fingerprint density at radius 2 is 2.08 bits per heavy atom. The van der Waals surface area contributed by atoms with E-state index in [4.69, 9.17) is 4.99 Å². The summed E-state index contributed by atoms with van der Waals surface area (Å²) in [6, 6.07) is 0.409. The molecule has 2 fully saturated rings. The van der Waals surface area contributed by atoms with Gasteiger partial charge >= 0.3 is 0 Å². The van der Waals surface area contributed by atoms with E-state index in [9.17, 15) is 4.21 Å². The number of rotatable bonds is 8. The summed E-state index contributed by atoms with van der Waals surface area (Å²) in [6.07, 6.45) is 6.96. The molecule has 146 valence electrons. The molecule has 0 radical (unpaired) electrons. The highest BCUT2D eigenvalue weighted by atomic mass is 32.2. The molecule has 0 aromatic heterocycles. The Morgan fingerprint density at radius 3 is 2.80 bits per heavy atom. The summed E-state index contributed by atoms with van der Waals surface area (Å²) in [6.45, 7) is 11.8. The number of guanidine groups is 1. The number of hydrogen-bond acceptors (Lipinski definition) is 3. The molecule has 4 unspecified atom stereocenters. The molecule has 1 aliphatic heterocycles. The number of aliphatic imine (C=N–C) groups is 1. The van der Waals surface area contributed by atoms with Crippen molar-refractivity contribution in [3.63, 3.8) is 0 Å². The minimum Gasteiger partial charge on any atom is -0.357 e. The second-order valence-electron chi connectivity index (χ2n) is 7.47. The van der Waals surface area contributed by atoms with Crippen LogP contribution in [0.3, 0.4) is 0 Å². The molecule has 2 N–H and O–H groups in total. The third-order valence-corrected chi connectivity index (χ3v) is 7.13. The average Bonchev–Trinajstić information content (AvgIpc) is 3.07. The van der Waals surface area contributed by atoms with Crippen LogP contribution in [0, 0.1) is 5.92 Å². The number of hydrogen-bond donors (Lipinski definition) is 2. The van der Waals surface area contributed by atoms with Crippen LogP contribution in [0.1, 0.15) is 59.3 Å². The van der Waals surface area contributed by atoms with Crippen molar-refractivity contribution in [3.05, 3.63) is 0 Å². The Balaban J connectivity index is 1.84. The van der Waals surface area contributed by atoms with Crippen LogP contribution in [0.5, 0.6) is 0 Å². The Labute approximate surface area is 156 Å². The minimum atomic E-state index is -0.670. The molecule has 0 amide bonds. The number of nitrogens with zero attached hydrogens (tertiary/aromatic N) is 2. The zero-order chi connectivity index (χ0) is 18.1. The van der Waals surface area contributed by atoms with Gasteiger partial charge in [0.25, 0.3) is 0 Å². The maximum Gasteiger partial charge on any atom is 0.191 e. The minimum absolute atomic E-state index is 0.358. The Morgan fingerprint density at radius 1 is 1.24 bits per heavy atom. The number of nitrogens with one attached hydrogen (secondary N) is 2. The van der Waals surface area contributed by atoms with E-state index in [0.29, 0.717) is 17.2 Å². The van der Waals surface area contributed by atoms with E-state index in [0.717, 1.165) is 44.1 Å². The summed E-state index contributed by atoms with van der Waals surface area (Å²) in [4.78, 5) is 7.43. The van der Waals surface area contributed by atoms with E-state index in [1.165, 1.54) is 38.9 Å². The van der Waals surface area contributed by atoms with Crippen molar-refractivity contribution in [1.29, 1.82) is 0 Å². The molecule has 0 bridgehead atoms. The van der Waals surface area contributed by atoms with Gasteiger partial charge in [-0.05, 0) is 58.0 Å². The van der Waals surface area contributed by atoms with Crippen molar-refractivity contribution in [2.75, 3.05) is 38.5 Å². The fraction of sp³-hybridized carbons (Fsp3) is 0.947. The van der Waals surface area contributed by atoms with Gasteiger partial charge in [0.15, 0.2) is 5.96 Å². The van der Waals surface area contributed by atoms with Crippen LogP contribution in [-0.2, 0) is 10.8 Å². The van der Waals surface area contributed by atoms with Gasteiger partial charge in [0.05, 0.1) is 0 Å². The molecule has 0 spiro atoms. The van der Waals surface area contributed by atoms with Crippen molar-refractivity contribution in [2.45, 2.75) is 70.6 Å². The summed E-state index contributed by atoms with van der Waals surface area (Å²) in [5.41, 5.74) is 0. The second kappa shape index (κ2) is 11.2. The van der Waals surface area contributed by atoms with Gasteiger partial charge in [-0.15, -0.1) is 0 Å². The van der Waals surface area contributed by atoms with Gasteiger partial charge in [0.2, 0.25) is 0 Å². The highest BCUT2D eigenvalue weighted by Crippen LogP contribution is 2.23. The molecule has 1 aliphatic carbocycles. The molecule has 1 saturated carbocycles. The van der Waals surface area contributed by atoms with Gasteiger partial charge in [0.1, 0.15) is 0 Å². The van der Waals surface area contributed by atoms with Gasteiger partial charge in [0, 0.05) is 47.5 Å². The molecular formula is C19H38N4OS. The maximum absolute atomic E-state index is 12.1. The molecule has 4 atom stereocenters. The highest BCUT2D eigenvalue weighted by Gasteiger charge is 2.26. The Bertz CT molecular complexity index is 443. The zero-order valence-corrected chi connectivity index (χ0v) is 17.2. The molecule has 1 saturated heterocycles. The predicted molar refractivity (Wildman–Crippen MR) is 109 cm³/mol. The summed E-state index contributed by atoms with van der Waals surface area (Å²) < 4.78 is 12.1. The van der Waals surface area contributed by atoms with E-state index in [-0.39, 0.29) is 0 Å². The summed E-state index contributed by atoms with van der Waals surface area (Å²) in [5, 5.41) is 7.37. The van der Waals surface area contributed by atoms with Crippen molar-refractivity contribution in [3.8, 4) is 0 Å². The summed E-state index contributed by atoms with van der Waals surface area (Å²) in [7, 11) is -0.670. The van der Waals surface area contributed by atoms with E-state index < -0.39 is 10.8 Å². The normalized spacial score (nSPS) is 29.6. The van der Waals surface area contributed by atoms with Crippen LogP contribution in [0.2, 0.25) is 0 Å².